The fourth-order valence-corrected chi connectivity index (χ4v) is 2.27. The highest BCUT2D eigenvalue weighted by molar-refractivity contribution is 9.10. The highest BCUT2D eigenvalue weighted by Gasteiger charge is 2.18. The molecule has 0 aliphatic heterocycles. The van der Waals surface area contributed by atoms with Crippen molar-refractivity contribution in [3.8, 4) is 0 Å². The summed E-state index contributed by atoms with van der Waals surface area (Å²) in [6, 6.07) is 5.66. The van der Waals surface area contributed by atoms with E-state index in [1.165, 1.54) is 19.1 Å². The van der Waals surface area contributed by atoms with E-state index >= 15 is 0 Å². The van der Waals surface area contributed by atoms with Crippen molar-refractivity contribution in [2.75, 3.05) is 0 Å². The van der Waals surface area contributed by atoms with Gasteiger partial charge in [-0.2, -0.15) is 0 Å². The molecule has 1 N–H and O–H groups in total. The van der Waals surface area contributed by atoms with Crippen LogP contribution in [0.2, 0.25) is 0 Å². The van der Waals surface area contributed by atoms with Crippen LogP contribution < -0.4 is 0 Å². The number of aliphatic hydroxyl groups excluding tert-OH is 1. The molecule has 100 valence electrons. The number of hydrogen-bond acceptors (Lipinski definition) is 1. The number of aliphatic hydroxyl groups is 1. The van der Waals surface area contributed by atoms with Crippen LogP contribution in [0, 0.1) is 24.4 Å². The molecule has 2 aromatic carbocycles. The molecule has 2 rings (SSSR count). The topological polar surface area (TPSA) is 20.2 Å². The van der Waals surface area contributed by atoms with Crippen LogP contribution >= 0.6 is 15.9 Å². The lowest BCUT2D eigenvalue weighted by atomic mass is 9.99. The SMILES string of the molecule is Cc1cc(F)c(C(O)c2cc(F)cc(Br)c2)cc1F. The third-order valence-electron chi connectivity index (χ3n) is 2.77. The molecule has 0 aliphatic rings. The predicted molar refractivity (Wildman–Crippen MR) is 69.3 cm³/mol. The summed E-state index contributed by atoms with van der Waals surface area (Å²) in [6.45, 7) is 1.42. The van der Waals surface area contributed by atoms with Gasteiger partial charge in [-0.3, -0.25) is 0 Å². The van der Waals surface area contributed by atoms with Crippen molar-refractivity contribution >= 4 is 15.9 Å². The van der Waals surface area contributed by atoms with Crippen molar-refractivity contribution in [2.45, 2.75) is 13.0 Å². The number of aryl methyl sites for hydroxylation is 1. The Balaban J connectivity index is 2.49. The molecular formula is C14H10BrF3O. The van der Waals surface area contributed by atoms with Crippen LogP contribution in [0.25, 0.3) is 0 Å². The molecule has 0 radical (unpaired) electrons. The zero-order chi connectivity index (χ0) is 14.2. The van der Waals surface area contributed by atoms with E-state index in [1.54, 1.807) is 0 Å². The summed E-state index contributed by atoms with van der Waals surface area (Å²) in [4.78, 5) is 0. The van der Waals surface area contributed by atoms with E-state index in [4.69, 9.17) is 0 Å². The highest BCUT2D eigenvalue weighted by atomic mass is 79.9. The monoisotopic (exact) mass is 330 g/mol. The molecule has 0 saturated carbocycles. The van der Waals surface area contributed by atoms with Gasteiger partial charge >= 0.3 is 0 Å². The van der Waals surface area contributed by atoms with Crippen LogP contribution in [-0.2, 0) is 0 Å². The van der Waals surface area contributed by atoms with Gasteiger partial charge in [-0.25, -0.2) is 13.2 Å². The molecule has 1 unspecified atom stereocenters. The minimum atomic E-state index is -1.43. The molecule has 1 nitrogen and oxygen atoms in total. The summed E-state index contributed by atoms with van der Waals surface area (Å²) in [6.07, 6.45) is -1.43. The second-order valence-corrected chi connectivity index (χ2v) is 5.14. The summed E-state index contributed by atoms with van der Waals surface area (Å²) >= 11 is 3.08. The molecule has 0 fully saturated rings. The third-order valence-corrected chi connectivity index (χ3v) is 3.23. The maximum Gasteiger partial charge on any atom is 0.129 e. The van der Waals surface area contributed by atoms with E-state index in [1.807, 2.05) is 0 Å². The van der Waals surface area contributed by atoms with Gasteiger partial charge in [-0.15, -0.1) is 0 Å². The maximum atomic E-state index is 13.7. The summed E-state index contributed by atoms with van der Waals surface area (Å²) in [5.74, 6) is -1.92. The lowest BCUT2D eigenvalue weighted by Gasteiger charge is -2.14. The molecule has 19 heavy (non-hydrogen) atoms. The first kappa shape index (κ1) is 14.1. The largest absolute Gasteiger partial charge is 0.384 e. The number of benzene rings is 2. The lowest BCUT2D eigenvalue weighted by Crippen LogP contribution is -2.05. The summed E-state index contributed by atoms with van der Waals surface area (Å²) in [7, 11) is 0. The average molecular weight is 331 g/mol. The third kappa shape index (κ3) is 2.98. The molecule has 0 spiro atoms. The molecule has 1 atom stereocenters. The number of rotatable bonds is 2. The Morgan fingerprint density at radius 2 is 1.68 bits per heavy atom. The van der Waals surface area contributed by atoms with Crippen LogP contribution in [0.3, 0.4) is 0 Å². The summed E-state index contributed by atoms with van der Waals surface area (Å²) in [5, 5.41) is 10.0. The predicted octanol–water partition coefficient (Wildman–Crippen LogP) is 4.26. The molecule has 0 saturated heterocycles. The van der Waals surface area contributed by atoms with Gasteiger partial charge in [0.15, 0.2) is 0 Å². The Kier molecular flexibility index (Phi) is 3.96. The quantitative estimate of drug-likeness (QED) is 0.872. The molecule has 2 aromatic rings. The van der Waals surface area contributed by atoms with Crippen molar-refractivity contribution in [3.05, 3.63) is 68.9 Å². The first-order chi connectivity index (χ1) is 8.88. The van der Waals surface area contributed by atoms with Crippen LogP contribution in [0.15, 0.2) is 34.8 Å². The van der Waals surface area contributed by atoms with Gasteiger partial charge in [0.2, 0.25) is 0 Å². The van der Waals surface area contributed by atoms with Gasteiger partial charge < -0.3 is 5.11 Å². The normalized spacial score (nSPS) is 12.5. The first-order valence-electron chi connectivity index (χ1n) is 5.48. The van der Waals surface area contributed by atoms with Crippen molar-refractivity contribution in [1.82, 2.24) is 0 Å². The van der Waals surface area contributed by atoms with Crippen molar-refractivity contribution in [3.63, 3.8) is 0 Å². The van der Waals surface area contributed by atoms with E-state index in [2.05, 4.69) is 15.9 Å². The van der Waals surface area contributed by atoms with E-state index in [0.717, 1.165) is 18.2 Å². The van der Waals surface area contributed by atoms with Crippen molar-refractivity contribution < 1.29 is 18.3 Å². The van der Waals surface area contributed by atoms with Crippen LogP contribution in [-0.4, -0.2) is 5.11 Å². The van der Waals surface area contributed by atoms with Crippen molar-refractivity contribution in [2.24, 2.45) is 0 Å². The first-order valence-corrected chi connectivity index (χ1v) is 6.27. The maximum absolute atomic E-state index is 13.7. The van der Waals surface area contributed by atoms with Gasteiger partial charge in [0.1, 0.15) is 23.6 Å². The minimum absolute atomic E-state index is 0.147. The van der Waals surface area contributed by atoms with Crippen LogP contribution in [0.5, 0.6) is 0 Å². The molecule has 0 bridgehead atoms. The van der Waals surface area contributed by atoms with Gasteiger partial charge in [-0.1, -0.05) is 15.9 Å². The average Bonchev–Trinajstić information content (AvgIpc) is 2.31. The highest BCUT2D eigenvalue weighted by Crippen LogP contribution is 2.28. The van der Waals surface area contributed by atoms with E-state index < -0.39 is 23.6 Å². The van der Waals surface area contributed by atoms with Crippen molar-refractivity contribution in [1.29, 1.82) is 0 Å². The van der Waals surface area contributed by atoms with Gasteiger partial charge in [0.05, 0.1) is 0 Å². The fourth-order valence-electron chi connectivity index (χ4n) is 1.78. The van der Waals surface area contributed by atoms with Gasteiger partial charge in [0, 0.05) is 10.0 Å². The van der Waals surface area contributed by atoms with E-state index in [0.29, 0.717) is 4.47 Å². The zero-order valence-electron chi connectivity index (χ0n) is 9.92. The van der Waals surface area contributed by atoms with E-state index in [-0.39, 0.29) is 16.7 Å². The Morgan fingerprint density at radius 3 is 2.32 bits per heavy atom. The molecular weight excluding hydrogens is 321 g/mol. The second-order valence-electron chi connectivity index (χ2n) is 4.23. The standard InChI is InChI=1S/C14H10BrF3O/c1-7-2-13(18)11(6-12(7)17)14(19)8-3-9(15)5-10(16)4-8/h2-6,14,19H,1H3. The van der Waals surface area contributed by atoms with Crippen LogP contribution in [0.1, 0.15) is 22.8 Å². The molecule has 5 heteroatoms. The summed E-state index contributed by atoms with van der Waals surface area (Å²) in [5.41, 5.74) is 0.0727. The molecule has 0 amide bonds. The number of hydrogen-bond donors (Lipinski definition) is 1. The zero-order valence-corrected chi connectivity index (χ0v) is 11.5. The number of halogens is 4. The minimum Gasteiger partial charge on any atom is -0.384 e. The smallest absolute Gasteiger partial charge is 0.129 e. The Labute approximate surface area is 116 Å². The molecule has 0 aromatic heterocycles. The van der Waals surface area contributed by atoms with Gasteiger partial charge in [0.25, 0.3) is 0 Å². The van der Waals surface area contributed by atoms with E-state index in [9.17, 15) is 18.3 Å². The van der Waals surface area contributed by atoms with Gasteiger partial charge in [-0.05, 0) is 48.4 Å². The fraction of sp³-hybridized carbons (Fsp3) is 0.143. The Hall–Kier alpha value is -1.33. The Bertz CT molecular complexity index is 608. The molecule has 0 heterocycles. The lowest BCUT2D eigenvalue weighted by molar-refractivity contribution is 0.213. The van der Waals surface area contributed by atoms with Crippen LogP contribution in [0.4, 0.5) is 13.2 Å². The molecule has 0 aliphatic carbocycles. The second kappa shape index (κ2) is 5.35. The Morgan fingerprint density at radius 1 is 1.00 bits per heavy atom. The summed E-state index contributed by atoms with van der Waals surface area (Å²) < 4.78 is 40.8.